The highest BCUT2D eigenvalue weighted by Crippen LogP contribution is 2.29. The Balaban J connectivity index is 1.27. The van der Waals surface area contributed by atoms with Crippen molar-refractivity contribution in [2.75, 3.05) is 31.1 Å². The molecule has 5 rings (SSSR count). The van der Waals surface area contributed by atoms with E-state index in [0.29, 0.717) is 47.6 Å². The van der Waals surface area contributed by atoms with Gasteiger partial charge in [0.15, 0.2) is 0 Å². The van der Waals surface area contributed by atoms with Gasteiger partial charge in [-0.15, -0.1) is 0 Å². The number of halogens is 3. The zero-order valence-corrected chi connectivity index (χ0v) is 18.5. The number of rotatable bonds is 3. The summed E-state index contributed by atoms with van der Waals surface area (Å²) in [6.07, 6.45) is 0. The molecule has 8 heteroatoms. The number of amides is 1. The molecule has 3 aromatic carbocycles. The van der Waals surface area contributed by atoms with Gasteiger partial charge in [-0.3, -0.25) is 4.79 Å². The lowest BCUT2D eigenvalue weighted by molar-refractivity contribution is 0.0747. The molecule has 1 N–H and O–H groups in total. The summed E-state index contributed by atoms with van der Waals surface area (Å²) in [4.78, 5) is 24.8. The Morgan fingerprint density at radius 2 is 1.56 bits per heavy atom. The van der Waals surface area contributed by atoms with E-state index < -0.39 is 0 Å². The molecule has 1 saturated heterocycles. The summed E-state index contributed by atoms with van der Waals surface area (Å²) < 4.78 is 13.1. The van der Waals surface area contributed by atoms with Gasteiger partial charge in [0, 0.05) is 43.0 Å². The predicted octanol–water partition coefficient (Wildman–Crippen LogP) is 5.64. The first-order valence-corrected chi connectivity index (χ1v) is 11.0. The van der Waals surface area contributed by atoms with Crippen molar-refractivity contribution >= 4 is 45.8 Å². The second-order valence-electron chi connectivity index (χ2n) is 7.70. The maximum atomic E-state index is 13.1. The van der Waals surface area contributed by atoms with E-state index in [-0.39, 0.29) is 11.7 Å². The minimum Gasteiger partial charge on any atom is -0.368 e. The zero-order valence-electron chi connectivity index (χ0n) is 17.0. The van der Waals surface area contributed by atoms with Crippen LogP contribution < -0.4 is 4.90 Å². The van der Waals surface area contributed by atoms with Crippen LogP contribution in [0.25, 0.3) is 22.4 Å². The lowest BCUT2D eigenvalue weighted by atomic mass is 10.1. The molecule has 0 atom stereocenters. The molecule has 1 fully saturated rings. The number of piperazine rings is 1. The highest BCUT2D eigenvalue weighted by molar-refractivity contribution is 6.42. The van der Waals surface area contributed by atoms with Gasteiger partial charge in [0.2, 0.25) is 0 Å². The van der Waals surface area contributed by atoms with E-state index in [1.54, 1.807) is 24.3 Å². The number of fused-ring (bicyclic) bond motifs is 1. The maximum absolute atomic E-state index is 13.1. The quantitative estimate of drug-likeness (QED) is 0.423. The van der Waals surface area contributed by atoms with Crippen molar-refractivity contribution in [1.29, 1.82) is 0 Å². The van der Waals surface area contributed by atoms with Crippen molar-refractivity contribution in [3.63, 3.8) is 0 Å². The third-order valence-electron chi connectivity index (χ3n) is 5.69. The third kappa shape index (κ3) is 4.04. The highest BCUT2D eigenvalue weighted by Gasteiger charge is 2.22. The van der Waals surface area contributed by atoms with Crippen LogP contribution in [0.5, 0.6) is 0 Å². The van der Waals surface area contributed by atoms with E-state index in [0.717, 1.165) is 22.3 Å². The van der Waals surface area contributed by atoms with Crippen LogP contribution in [0.1, 0.15) is 10.4 Å². The second-order valence-corrected chi connectivity index (χ2v) is 8.52. The van der Waals surface area contributed by atoms with E-state index in [2.05, 4.69) is 14.9 Å². The summed E-state index contributed by atoms with van der Waals surface area (Å²) in [6.45, 7) is 2.64. The summed E-state index contributed by atoms with van der Waals surface area (Å²) >= 11 is 12.2. The Morgan fingerprint density at radius 1 is 0.906 bits per heavy atom. The van der Waals surface area contributed by atoms with Gasteiger partial charge in [0.05, 0.1) is 21.1 Å². The van der Waals surface area contributed by atoms with Crippen molar-refractivity contribution < 1.29 is 9.18 Å². The molecular weight excluding hydrogens is 450 g/mol. The van der Waals surface area contributed by atoms with Crippen LogP contribution in [-0.2, 0) is 0 Å². The van der Waals surface area contributed by atoms with Crippen LogP contribution in [0.3, 0.4) is 0 Å². The number of aromatic amines is 1. The van der Waals surface area contributed by atoms with Gasteiger partial charge in [-0.2, -0.15) is 0 Å². The molecule has 32 heavy (non-hydrogen) atoms. The molecule has 0 saturated carbocycles. The van der Waals surface area contributed by atoms with Crippen LogP contribution in [0.4, 0.5) is 10.1 Å². The molecule has 1 aromatic heterocycles. The normalized spacial score (nSPS) is 14.2. The summed E-state index contributed by atoms with van der Waals surface area (Å²) in [5.41, 5.74) is 4.00. The maximum Gasteiger partial charge on any atom is 0.253 e. The minimum absolute atomic E-state index is 0.00141. The summed E-state index contributed by atoms with van der Waals surface area (Å²) in [6, 6.07) is 17.3. The molecule has 5 nitrogen and oxygen atoms in total. The van der Waals surface area contributed by atoms with Gasteiger partial charge in [-0.05, 0) is 48.5 Å². The fraction of sp³-hybridized carbons (Fsp3) is 0.167. The number of nitrogens with zero attached hydrogens (tertiary/aromatic N) is 3. The molecule has 2 heterocycles. The second kappa shape index (κ2) is 8.45. The monoisotopic (exact) mass is 468 g/mol. The standard InChI is InChI=1S/C24H19Cl2FN4O/c25-19-13-21-22(14-20(19)26)29-23(28-21)15-1-3-16(4-2-15)24(32)31-11-9-30(10-12-31)18-7-5-17(27)6-8-18/h1-8,13-14H,9-12H2,(H,28,29). The number of carbonyl (C=O) groups is 1. The Kier molecular flexibility index (Phi) is 5.49. The lowest BCUT2D eigenvalue weighted by Crippen LogP contribution is -2.48. The molecule has 0 radical (unpaired) electrons. The molecular formula is C24H19Cl2FN4O. The van der Waals surface area contributed by atoms with Crippen LogP contribution in [-0.4, -0.2) is 47.0 Å². The molecule has 0 bridgehead atoms. The van der Waals surface area contributed by atoms with Crippen molar-refractivity contribution in [2.45, 2.75) is 0 Å². The summed E-state index contributed by atoms with van der Waals surface area (Å²) in [7, 11) is 0. The Bertz CT molecular complexity index is 1240. The van der Waals surface area contributed by atoms with E-state index in [4.69, 9.17) is 23.2 Å². The number of carbonyl (C=O) groups excluding carboxylic acids is 1. The van der Waals surface area contributed by atoms with E-state index in [1.807, 2.05) is 29.2 Å². The predicted molar refractivity (Wildman–Crippen MR) is 126 cm³/mol. The number of hydrogen-bond donors (Lipinski definition) is 1. The SMILES string of the molecule is O=C(c1ccc(-c2nc3cc(Cl)c(Cl)cc3[nH]2)cc1)N1CCN(c2ccc(F)cc2)CC1. The van der Waals surface area contributed by atoms with Crippen LogP contribution in [0.15, 0.2) is 60.7 Å². The molecule has 0 spiro atoms. The van der Waals surface area contributed by atoms with Crippen LogP contribution in [0.2, 0.25) is 10.0 Å². The average molecular weight is 469 g/mol. The number of nitrogens with one attached hydrogen (secondary N) is 1. The molecule has 162 valence electrons. The number of anilines is 1. The van der Waals surface area contributed by atoms with E-state index in [9.17, 15) is 9.18 Å². The number of imidazole rings is 1. The Labute approximate surface area is 194 Å². The molecule has 4 aromatic rings. The van der Waals surface area contributed by atoms with Gasteiger partial charge in [0.25, 0.3) is 5.91 Å². The lowest BCUT2D eigenvalue weighted by Gasteiger charge is -2.36. The zero-order chi connectivity index (χ0) is 22.2. The summed E-state index contributed by atoms with van der Waals surface area (Å²) in [5, 5.41) is 0.924. The smallest absolute Gasteiger partial charge is 0.253 e. The van der Waals surface area contributed by atoms with Gasteiger partial charge in [-0.25, -0.2) is 9.37 Å². The Morgan fingerprint density at radius 3 is 2.25 bits per heavy atom. The first-order valence-electron chi connectivity index (χ1n) is 10.2. The topological polar surface area (TPSA) is 52.2 Å². The van der Waals surface area contributed by atoms with Crippen LogP contribution >= 0.6 is 23.2 Å². The van der Waals surface area contributed by atoms with Gasteiger partial charge < -0.3 is 14.8 Å². The van der Waals surface area contributed by atoms with Crippen molar-refractivity contribution in [3.05, 3.63) is 82.1 Å². The number of benzene rings is 3. The molecule has 1 amide bonds. The fourth-order valence-corrected chi connectivity index (χ4v) is 4.24. The molecule has 1 aliphatic rings. The highest BCUT2D eigenvalue weighted by atomic mass is 35.5. The first kappa shape index (κ1) is 20.8. The summed E-state index contributed by atoms with van der Waals surface area (Å²) in [5.74, 6) is 0.435. The van der Waals surface area contributed by atoms with Crippen molar-refractivity contribution in [3.8, 4) is 11.4 Å². The fourth-order valence-electron chi connectivity index (χ4n) is 3.91. The van der Waals surface area contributed by atoms with Crippen molar-refractivity contribution in [2.24, 2.45) is 0 Å². The number of aromatic nitrogens is 2. The van der Waals surface area contributed by atoms with E-state index in [1.165, 1.54) is 12.1 Å². The molecule has 1 aliphatic heterocycles. The van der Waals surface area contributed by atoms with Gasteiger partial charge in [-0.1, -0.05) is 35.3 Å². The molecule has 0 aliphatic carbocycles. The third-order valence-corrected chi connectivity index (χ3v) is 6.41. The largest absolute Gasteiger partial charge is 0.368 e. The minimum atomic E-state index is -0.249. The van der Waals surface area contributed by atoms with E-state index >= 15 is 0 Å². The van der Waals surface area contributed by atoms with Crippen LogP contribution in [0, 0.1) is 5.82 Å². The van der Waals surface area contributed by atoms with Crippen molar-refractivity contribution in [1.82, 2.24) is 14.9 Å². The number of hydrogen-bond acceptors (Lipinski definition) is 3. The van der Waals surface area contributed by atoms with Gasteiger partial charge >= 0.3 is 0 Å². The van der Waals surface area contributed by atoms with Gasteiger partial charge in [0.1, 0.15) is 11.6 Å². The first-order chi connectivity index (χ1) is 15.5. The Hall–Kier alpha value is -3.09. The molecule has 0 unspecified atom stereocenters. The average Bonchev–Trinajstić information content (AvgIpc) is 3.22. The number of H-pyrrole nitrogens is 1.